The standard InChI is InChI=1S/C16H23NO3/c1-5-7-8-20-16-14(18-3)10-12(9-13(17)6-2)11-15(16)19-4/h10-11,13H,6,8-9,17H2,1-4H3. The summed E-state index contributed by atoms with van der Waals surface area (Å²) in [6.45, 7) is 4.14. The molecule has 4 nitrogen and oxygen atoms in total. The number of methoxy groups -OCH3 is 2. The number of rotatable bonds is 7. The Bertz CT molecular complexity index is 463. The molecule has 1 aromatic carbocycles. The first-order valence-electron chi connectivity index (χ1n) is 6.69. The van der Waals surface area contributed by atoms with Crippen LogP contribution in [-0.4, -0.2) is 26.9 Å². The lowest BCUT2D eigenvalue weighted by molar-refractivity contribution is 0.304. The number of ether oxygens (including phenoxy) is 3. The van der Waals surface area contributed by atoms with Crippen molar-refractivity contribution >= 4 is 0 Å². The van der Waals surface area contributed by atoms with Gasteiger partial charge in [-0.2, -0.15) is 0 Å². The zero-order valence-corrected chi connectivity index (χ0v) is 12.7. The van der Waals surface area contributed by atoms with Crippen molar-refractivity contribution in [1.29, 1.82) is 0 Å². The molecule has 4 heteroatoms. The van der Waals surface area contributed by atoms with Crippen molar-refractivity contribution < 1.29 is 14.2 Å². The highest BCUT2D eigenvalue weighted by molar-refractivity contribution is 5.54. The van der Waals surface area contributed by atoms with Crippen molar-refractivity contribution in [2.24, 2.45) is 5.73 Å². The fourth-order valence-electron chi connectivity index (χ4n) is 1.82. The predicted octanol–water partition coefficient (Wildman–Crippen LogP) is 2.39. The lowest BCUT2D eigenvalue weighted by Gasteiger charge is -2.16. The maximum Gasteiger partial charge on any atom is 0.204 e. The monoisotopic (exact) mass is 277 g/mol. The SMILES string of the molecule is CC#CCOc1c(OC)cc(CC(N)CC)cc1OC. The number of nitrogens with two attached hydrogens (primary N) is 1. The highest BCUT2D eigenvalue weighted by Gasteiger charge is 2.15. The normalized spacial score (nSPS) is 11.2. The summed E-state index contributed by atoms with van der Waals surface area (Å²) in [6.07, 6.45) is 1.70. The molecule has 0 saturated heterocycles. The molecule has 20 heavy (non-hydrogen) atoms. The third-order valence-corrected chi connectivity index (χ3v) is 3.01. The van der Waals surface area contributed by atoms with Crippen molar-refractivity contribution in [2.45, 2.75) is 32.7 Å². The van der Waals surface area contributed by atoms with Gasteiger partial charge in [-0.25, -0.2) is 0 Å². The average molecular weight is 277 g/mol. The second-order valence-electron chi connectivity index (χ2n) is 4.42. The van der Waals surface area contributed by atoms with E-state index in [0.29, 0.717) is 23.9 Å². The van der Waals surface area contributed by atoms with Crippen molar-refractivity contribution in [3.8, 4) is 29.1 Å². The van der Waals surface area contributed by atoms with Gasteiger partial charge in [-0.05, 0) is 37.5 Å². The molecule has 0 aliphatic heterocycles. The van der Waals surface area contributed by atoms with E-state index in [9.17, 15) is 0 Å². The molecule has 0 aliphatic rings. The van der Waals surface area contributed by atoms with Gasteiger partial charge in [-0.1, -0.05) is 12.8 Å². The summed E-state index contributed by atoms with van der Waals surface area (Å²) in [7, 11) is 3.22. The molecule has 0 fully saturated rings. The van der Waals surface area contributed by atoms with Gasteiger partial charge in [0.05, 0.1) is 14.2 Å². The van der Waals surface area contributed by atoms with E-state index >= 15 is 0 Å². The molecule has 0 spiro atoms. The molecule has 0 aliphatic carbocycles. The van der Waals surface area contributed by atoms with Crippen molar-refractivity contribution in [3.05, 3.63) is 17.7 Å². The Morgan fingerprint density at radius 3 is 2.25 bits per heavy atom. The van der Waals surface area contributed by atoms with Crippen LogP contribution in [0.4, 0.5) is 0 Å². The van der Waals surface area contributed by atoms with Gasteiger partial charge in [0, 0.05) is 6.04 Å². The van der Waals surface area contributed by atoms with Gasteiger partial charge >= 0.3 is 0 Å². The van der Waals surface area contributed by atoms with Crippen LogP contribution in [0.25, 0.3) is 0 Å². The fourth-order valence-corrected chi connectivity index (χ4v) is 1.82. The van der Waals surface area contributed by atoms with Gasteiger partial charge in [-0.15, -0.1) is 5.92 Å². The van der Waals surface area contributed by atoms with E-state index in [2.05, 4.69) is 18.8 Å². The smallest absolute Gasteiger partial charge is 0.204 e. The third-order valence-electron chi connectivity index (χ3n) is 3.01. The maximum atomic E-state index is 5.99. The third kappa shape index (κ3) is 4.36. The van der Waals surface area contributed by atoms with Crippen LogP contribution in [0.15, 0.2) is 12.1 Å². The Morgan fingerprint density at radius 1 is 1.20 bits per heavy atom. The van der Waals surface area contributed by atoms with Gasteiger partial charge in [0.2, 0.25) is 5.75 Å². The van der Waals surface area contributed by atoms with E-state index in [-0.39, 0.29) is 6.04 Å². The van der Waals surface area contributed by atoms with Crippen LogP contribution >= 0.6 is 0 Å². The van der Waals surface area contributed by atoms with Gasteiger partial charge in [-0.3, -0.25) is 0 Å². The largest absolute Gasteiger partial charge is 0.493 e. The van der Waals surface area contributed by atoms with Crippen LogP contribution in [0.5, 0.6) is 17.2 Å². The minimum Gasteiger partial charge on any atom is -0.493 e. The summed E-state index contributed by atoms with van der Waals surface area (Å²) in [4.78, 5) is 0. The molecule has 0 saturated carbocycles. The van der Waals surface area contributed by atoms with Gasteiger partial charge in [0.1, 0.15) is 6.61 Å². The zero-order chi connectivity index (χ0) is 15.0. The Hall–Kier alpha value is -1.86. The maximum absolute atomic E-state index is 5.99. The molecule has 110 valence electrons. The first kappa shape index (κ1) is 16.2. The highest BCUT2D eigenvalue weighted by Crippen LogP contribution is 2.38. The van der Waals surface area contributed by atoms with Crippen molar-refractivity contribution in [2.75, 3.05) is 20.8 Å². The molecule has 2 N–H and O–H groups in total. The van der Waals surface area contributed by atoms with Crippen LogP contribution in [-0.2, 0) is 6.42 Å². The Kier molecular flexibility index (Phi) is 6.75. The molecule has 0 aromatic heterocycles. The van der Waals surface area contributed by atoms with E-state index in [1.54, 1.807) is 21.1 Å². The molecule has 1 atom stereocenters. The van der Waals surface area contributed by atoms with E-state index in [1.807, 2.05) is 12.1 Å². The zero-order valence-electron chi connectivity index (χ0n) is 12.7. The van der Waals surface area contributed by atoms with Crippen LogP contribution < -0.4 is 19.9 Å². The van der Waals surface area contributed by atoms with E-state index in [1.165, 1.54) is 0 Å². The van der Waals surface area contributed by atoms with Gasteiger partial charge in [0.15, 0.2) is 11.5 Å². The van der Waals surface area contributed by atoms with Crippen LogP contribution in [0.3, 0.4) is 0 Å². The summed E-state index contributed by atoms with van der Waals surface area (Å²) < 4.78 is 16.4. The average Bonchev–Trinajstić information content (AvgIpc) is 2.47. The molecule has 1 aromatic rings. The van der Waals surface area contributed by atoms with E-state index < -0.39 is 0 Å². The lowest BCUT2D eigenvalue weighted by atomic mass is 10.0. The molecule has 0 amide bonds. The predicted molar refractivity (Wildman–Crippen MR) is 80.5 cm³/mol. The van der Waals surface area contributed by atoms with Crippen LogP contribution in [0, 0.1) is 11.8 Å². The molecule has 0 heterocycles. The molecular weight excluding hydrogens is 254 g/mol. The Labute approximate surface area is 121 Å². The topological polar surface area (TPSA) is 53.7 Å². The molecular formula is C16H23NO3. The van der Waals surface area contributed by atoms with Gasteiger partial charge < -0.3 is 19.9 Å². The number of benzene rings is 1. The summed E-state index contributed by atoms with van der Waals surface area (Å²) in [5.74, 6) is 7.49. The first-order chi connectivity index (χ1) is 9.65. The quantitative estimate of drug-likeness (QED) is 0.778. The summed E-state index contributed by atoms with van der Waals surface area (Å²) >= 11 is 0. The first-order valence-corrected chi connectivity index (χ1v) is 6.69. The summed E-state index contributed by atoms with van der Waals surface area (Å²) in [6, 6.07) is 4.00. The van der Waals surface area contributed by atoms with Crippen LogP contribution in [0.1, 0.15) is 25.8 Å². The van der Waals surface area contributed by atoms with E-state index in [4.69, 9.17) is 19.9 Å². The minimum atomic E-state index is 0.127. The fraction of sp³-hybridized carbons (Fsp3) is 0.500. The summed E-state index contributed by atoms with van der Waals surface area (Å²) in [5, 5.41) is 0. The van der Waals surface area contributed by atoms with Crippen molar-refractivity contribution in [3.63, 3.8) is 0 Å². The number of hydrogen-bond donors (Lipinski definition) is 1. The molecule has 1 unspecified atom stereocenters. The summed E-state index contributed by atoms with van der Waals surface area (Å²) in [5.41, 5.74) is 7.06. The van der Waals surface area contributed by atoms with Crippen LogP contribution in [0.2, 0.25) is 0 Å². The highest BCUT2D eigenvalue weighted by atomic mass is 16.5. The Balaban J connectivity index is 3.06. The van der Waals surface area contributed by atoms with Crippen molar-refractivity contribution in [1.82, 2.24) is 0 Å². The second kappa shape index (κ2) is 8.34. The number of hydrogen-bond acceptors (Lipinski definition) is 4. The van der Waals surface area contributed by atoms with Gasteiger partial charge in [0.25, 0.3) is 0 Å². The van der Waals surface area contributed by atoms with E-state index in [0.717, 1.165) is 18.4 Å². The molecule has 0 radical (unpaired) electrons. The second-order valence-corrected chi connectivity index (χ2v) is 4.42. The minimum absolute atomic E-state index is 0.127. The molecule has 0 bridgehead atoms. The Morgan fingerprint density at radius 2 is 1.80 bits per heavy atom. The lowest BCUT2D eigenvalue weighted by Crippen LogP contribution is -2.21. The molecule has 1 rings (SSSR count).